The van der Waals surface area contributed by atoms with E-state index in [1.54, 1.807) is 17.8 Å². The van der Waals surface area contributed by atoms with Crippen LogP contribution in [0.2, 0.25) is 0 Å². The zero-order valence-corrected chi connectivity index (χ0v) is 12.1. The fraction of sp³-hybridized carbons (Fsp3) is 0.250. The predicted octanol–water partition coefficient (Wildman–Crippen LogP) is 2.92. The maximum atomic E-state index is 12.3. The Hall–Kier alpha value is -1.81. The van der Waals surface area contributed by atoms with Gasteiger partial charge < -0.3 is 0 Å². The number of hydrogen-bond donors (Lipinski definition) is 0. The van der Waals surface area contributed by atoms with Crippen molar-refractivity contribution in [1.29, 1.82) is 0 Å². The molecule has 0 bridgehead atoms. The largest absolute Gasteiger partial charge is 0.270 e. The minimum absolute atomic E-state index is 0.122. The third-order valence-electron chi connectivity index (χ3n) is 3.65. The molecule has 1 aliphatic carbocycles. The van der Waals surface area contributed by atoms with Gasteiger partial charge in [-0.3, -0.25) is 14.5 Å². The van der Waals surface area contributed by atoms with Crippen LogP contribution in [0, 0.1) is 0 Å². The average molecular weight is 285 g/mol. The minimum atomic E-state index is -0.158. The van der Waals surface area contributed by atoms with Crippen molar-refractivity contribution in [3.05, 3.63) is 53.1 Å². The van der Waals surface area contributed by atoms with Crippen LogP contribution in [-0.2, 0) is 16.1 Å². The molecule has 0 saturated carbocycles. The third-order valence-corrected chi connectivity index (χ3v) is 4.39. The van der Waals surface area contributed by atoms with E-state index in [1.165, 1.54) is 9.80 Å². The highest BCUT2D eigenvalue weighted by atomic mass is 32.2. The van der Waals surface area contributed by atoms with Crippen LogP contribution in [0.25, 0.3) is 0 Å². The number of thioether (sulfide) groups is 1. The molecule has 20 heavy (non-hydrogen) atoms. The van der Waals surface area contributed by atoms with E-state index < -0.39 is 0 Å². The van der Waals surface area contributed by atoms with Crippen LogP contribution in [-0.4, -0.2) is 23.0 Å². The molecule has 1 aliphatic heterocycles. The molecule has 1 heterocycles. The molecule has 1 aromatic carbocycles. The number of hydrogen-bond acceptors (Lipinski definition) is 3. The van der Waals surface area contributed by atoms with Gasteiger partial charge in [0.05, 0.1) is 6.54 Å². The number of carbonyl (C=O) groups is 2. The summed E-state index contributed by atoms with van der Waals surface area (Å²) in [6, 6.07) is 7.97. The second-order valence-electron chi connectivity index (χ2n) is 4.88. The summed E-state index contributed by atoms with van der Waals surface area (Å²) in [5.74, 6) is -0.279. The van der Waals surface area contributed by atoms with Crippen molar-refractivity contribution in [1.82, 2.24) is 4.90 Å². The molecular weight excluding hydrogens is 270 g/mol. The van der Waals surface area contributed by atoms with Crippen molar-refractivity contribution in [2.24, 2.45) is 0 Å². The number of benzene rings is 1. The van der Waals surface area contributed by atoms with Gasteiger partial charge in [-0.05, 0) is 36.8 Å². The number of rotatable bonds is 3. The number of amides is 2. The van der Waals surface area contributed by atoms with E-state index in [0.29, 0.717) is 24.1 Å². The molecule has 3 nitrogen and oxygen atoms in total. The van der Waals surface area contributed by atoms with Crippen molar-refractivity contribution >= 4 is 23.6 Å². The van der Waals surface area contributed by atoms with Gasteiger partial charge in [-0.15, -0.1) is 11.8 Å². The van der Waals surface area contributed by atoms with Crippen LogP contribution in [0.1, 0.15) is 18.4 Å². The summed E-state index contributed by atoms with van der Waals surface area (Å²) >= 11 is 1.67. The Morgan fingerprint density at radius 1 is 1.15 bits per heavy atom. The monoisotopic (exact) mass is 285 g/mol. The Morgan fingerprint density at radius 2 is 1.90 bits per heavy atom. The van der Waals surface area contributed by atoms with E-state index in [2.05, 4.69) is 0 Å². The van der Waals surface area contributed by atoms with Gasteiger partial charge in [0, 0.05) is 16.0 Å². The Kier molecular flexibility index (Phi) is 3.49. The Bertz CT molecular complexity index is 628. The van der Waals surface area contributed by atoms with Gasteiger partial charge in [-0.25, -0.2) is 0 Å². The minimum Gasteiger partial charge on any atom is -0.270 e. The molecule has 2 aliphatic rings. The second kappa shape index (κ2) is 5.29. The fourth-order valence-corrected chi connectivity index (χ4v) is 2.95. The Labute approximate surface area is 122 Å². The maximum Gasteiger partial charge on any atom is 0.261 e. The molecule has 1 aromatic rings. The molecule has 3 rings (SSSR count). The summed E-state index contributed by atoms with van der Waals surface area (Å²) in [5.41, 5.74) is 2.24. The van der Waals surface area contributed by atoms with E-state index in [9.17, 15) is 9.59 Å². The highest BCUT2D eigenvalue weighted by Gasteiger charge is 2.37. The third kappa shape index (κ3) is 2.20. The molecular formula is C16H15NO2S. The standard InChI is InChI=1S/C16H15NO2S/c1-20-12-8-6-11(7-9-12)10-17-15(18)13-4-2-3-5-14(13)16(17)19/h2,4,6-9H,3,5,10H2,1H3. The van der Waals surface area contributed by atoms with E-state index in [1.807, 2.05) is 36.6 Å². The highest BCUT2D eigenvalue weighted by Crippen LogP contribution is 2.30. The first-order valence-electron chi connectivity index (χ1n) is 6.59. The number of allylic oxidation sites excluding steroid dienone is 1. The van der Waals surface area contributed by atoms with Crippen molar-refractivity contribution in [3.8, 4) is 0 Å². The van der Waals surface area contributed by atoms with Gasteiger partial charge in [0.1, 0.15) is 0 Å². The molecule has 2 amide bonds. The highest BCUT2D eigenvalue weighted by molar-refractivity contribution is 7.98. The smallest absolute Gasteiger partial charge is 0.261 e. The molecule has 0 spiro atoms. The zero-order chi connectivity index (χ0) is 14.1. The van der Waals surface area contributed by atoms with E-state index in [4.69, 9.17) is 0 Å². The Balaban J connectivity index is 1.80. The lowest BCUT2D eigenvalue weighted by atomic mass is 10.00. The molecule has 4 heteroatoms. The van der Waals surface area contributed by atoms with E-state index in [-0.39, 0.29) is 11.8 Å². The average Bonchev–Trinajstić information content (AvgIpc) is 2.74. The molecule has 0 fully saturated rings. The van der Waals surface area contributed by atoms with Gasteiger partial charge in [-0.1, -0.05) is 24.3 Å². The first kappa shape index (κ1) is 13.2. The second-order valence-corrected chi connectivity index (χ2v) is 5.76. The summed E-state index contributed by atoms with van der Waals surface area (Å²) in [6.45, 7) is 0.354. The van der Waals surface area contributed by atoms with Crippen molar-refractivity contribution in [2.45, 2.75) is 24.3 Å². The van der Waals surface area contributed by atoms with Gasteiger partial charge in [-0.2, -0.15) is 0 Å². The van der Waals surface area contributed by atoms with Crippen LogP contribution in [0.5, 0.6) is 0 Å². The predicted molar refractivity (Wildman–Crippen MR) is 79.2 cm³/mol. The summed E-state index contributed by atoms with van der Waals surface area (Å²) in [6.07, 6.45) is 7.29. The number of carbonyl (C=O) groups excluding carboxylic acids is 2. The van der Waals surface area contributed by atoms with Crippen LogP contribution in [0.4, 0.5) is 0 Å². The molecule has 0 unspecified atom stereocenters. The molecule has 0 saturated heterocycles. The van der Waals surface area contributed by atoms with E-state index >= 15 is 0 Å². The lowest BCUT2D eigenvalue weighted by Crippen LogP contribution is -2.31. The molecule has 0 radical (unpaired) electrons. The lowest BCUT2D eigenvalue weighted by molar-refractivity contribution is -0.138. The van der Waals surface area contributed by atoms with Gasteiger partial charge in [0.2, 0.25) is 0 Å². The zero-order valence-electron chi connectivity index (χ0n) is 11.3. The molecule has 102 valence electrons. The maximum absolute atomic E-state index is 12.3. The lowest BCUT2D eigenvalue weighted by Gasteiger charge is -2.15. The van der Waals surface area contributed by atoms with Crippen molar-refractivity contribution in [2.75, 3.05) is 6.26 Å². The fourth-order valence-electron chi connectivity index (χ4n) is 2.54. The van der Waals surface area contributed by atoms with Gasteiger partial charge in [0.15, 0.2) is 0 Å². The SMILES string of the molecule is CSc1ccc(CN2C(=O)C3=C(CCC=C3)C2=O)cc1. The molecule has 0 atom stereocenters. The van der Waals surface area contributed by atoms with Crippen molar-refractivity contribution in [3.63, 3.8) is 0 Å². The van der Waals surface area contributed by atoms with E-state index in [0.717, 1.165) is 12.0 Å². The number of imide groups is 1. The quantitative estimate of drug-likeness (QED) is 0.633. The van der Waals surface area contributed by atoms with Crippen molar-refractivity contribution < 1.29 is 9.59 Å². The topological polar surface area (TPSA) is 37.4 Å². The van der Waals surface area contributed by atoms with Gasteiger partial charge >= 0.3 is 0 Å². The summed E-state index contributed by atoms with van der Waals surface area (Å²) in [5, 5.41) is 0. The number of nitrogens with zero attached hydrogens (tertiary/aromatic N) is 1. The van der Waals surface area contributed by atoms with Crippen LogP contribution >= 0.6 is 11.8 Å². The summed E-state index contributed by atoms with van der Waals surface area (Å²) in [4.78, 5) is 27.1. The van der Waals surface area contributed by atoms with Crippen LogP contribution < -0.4 is 0 Å². The summed E-state index contributed by atoms with van der Waals surface area (Å²) < 4.78 is 0. The molecule has 0 N–H and O–H groups in total. The first-order valence-corrected chi connectivity index (χ1v) is 7.82. The van der Waals surface area contributed by atoms with Crippen LogP contribution in [0.3, 0.4) is 0 Å². The summed E-state index contributed by atoms with van der Waals surface area (Å²) in [7, 11) is 0. The van der Waals surface area contributed by atoms with Gasteiger partial charge in [0.25, 0.3) is 11.8 Å². The van der Waals surface area contributed by atoms with Crippen LogP contribution in [0.15, 0.2) is 52.5 Å². The first-order chi connectivity index (χ1) is 9.70. The molecule has 0 aromatic heterocycles. The Morgan fingerprint density at radius 3 is 2.55 bits per heavy atom. The normalized spacial score (nSPS) is 17.9.